The van der Waals surface area contributed by atoms with Crippen LogP contribution < -0.4 is 0 Å². The van der Waals surface area contributed by atoms with Crippen LogP contribution in [0.4, 0.5) is 0 Å². The van der Waals surface area contributed by atoms with Gasteiger partial charge in [0.05, 0.1) is 0 Å². The Morgan fingerprint density at radius 3 is 2.92 bits per heavy atom. The maximum Gasteiger partial charge on any atom is 0.0154 e. The van der Waals surface area contributed by atoms with Gasteiger partial charge in [0.15, 0.2) is 0 Å². The van der Waals surface area contributed by atoms with Gasteiger partial charge in [0.25, 0.3) is 0 Å². The first kappa shape index (κ1) is 10.8. The van der Waals surface area contributed by atoms with Crippen molar-refractivity contribution in [2.45, 2.75) is 19.8 Å². The van der Waals surface area contributed by atoms with Gasteiger partial charge in [0.2, 0.25) is 0 Å². The Morgan fingerprint density at radius 2 is 2.23 bits per heavy atom. The zero-order chi connectivity index (χ0) is 8.55. The van der Waals surface area contributed by atoms with E-state index in [0.717, 1.165) is 11.2 Å². The molecule has 1 N–H and O–H groups in total. The third kappa shape index (κ3) is 2.15. The predicted molar refractivity (Wildman–Crippen MR) is 46.8 cm³/mol. The summed E-state index contributed by atoms with van der Waals surface area (Å²) in [7, 11) is 0. The normalized spacial score (nSPS) is 10.4. The van der Waals surface area contributed by atoms with Gasteiger partial charge in [-0.3, -0.25) is 0 Å². The Hall–Kier alpha value is -0.276. The van der Waals surface area contributed by atoms with Crippen molar-refractivity contribution >= 4 is 11.2 Å². The number of aromatic amines is 1. The smallest absolute Gasteiger partial charge is 0.0154 e. The number of fused-ring (bicyclic) bond motifs is 1. The molecule has 0 amide bonds. The molecule has 0 aliphatic carbocycles. The number of hydrogen-bond acceptors (Lipinski definition) is 2. The number of nitrogens with one attached hydrogen (secondary N) is 1. The molecule has 13 heavy (non-hydrogen) atoms. The minimum atomic E-state index is 0. The van der Waals surface area contributed by atoms with E-state index in [-0.39, 0.29) is 32.7 Å². The first-order valence-corrected chi connectivity index (χ1v) is 3.99. The Kier molecular flexibility index (Phi) is 3.57. The first-order valence-electron chi connectivity index (χ1n) is 3.99. The van der Waals surface area contributed by atoms with E-state index in [9.17, 15) is 0 Å². The summed E-state index contributed by atoms with van der Waals surface area (Å²) in [5.74, 6) is 0.499. The fourth-order valence-corrected chi connectivity index (χ4v) is 1.11. The second-order valence-electron chi connectivity index (χ2n) is 3.14. The van der Waals surface area contributed by atoms with Gasteiger partial charge in [-0.1, -0.05) is 25.4 Å². The molecule has 2 heterocycles. The van der Waals surface area contributed by atoms with E-state index in [0.29, 0.717) is 5.92 Å². The van der Waals surface area contributed by atoms with Crippen molar-refractivity contribution in [3.8, 4) is 0 Å². The van der Waals surface area contributed by atoms with Crippen LogP contribution in [0.25, 0.3) is 11.2 Å². The molecule has 0 spiro atoms. The van der Waals surface area contributed by atoms with Gasteiger partial charge < -0.3 is 15.0 Å². The molecule has 0 bridgehead atoms. The average Bonchev–Trinajstić information content (AvgIpc) is 2.49. The third-order valence-electron chi connectivity index (χ3n) is 1.91. The van der Waals surface area contributed by atoms with E-state index in [4.69, 9.17) is 0 Å². The van der Waals surface area contributed by atoms with Crippen molar-refractivity contribution in [1.82, 2.24) is 15.0 Å². The molecule has 0 saturated carbocycles. The standard InChI is InChI=1S/C9H10N3.Y/c1-6(2)7-3-8-9(10-4-7)12-5-11-8;/h3-4,6H,1-2H3,(H,10,11,12);/q-1;. The summed E-state index contributed by atoms with van der Waals surface area (Å²) in [6, 6.07) is 2.04. The van der Waals surface area contributed by atoms with Gasteiger partial charge >= 0.3 is 0 Å². The molecule has 0 atom stereocenters. The van der Waals surface area contributed by atoms with Gasteiger partial charge in [0.1, 0.15) is 0 Å². The summed E-state index contributed by atoms with van der Waals surface area (Å²) < 4.78 is 0. The number of imidazole rings is 1. The molecule has 2 aromatic heterocycles. The molecule has 4 heteroatoms. The molecule has 3 nitrogen and oxygen atoms in total. The zero-order valence-corrected chi connectivity index (χ0v) is 10.5. The van der Waals surface area contributed by atoms with Crippen LogP contribution >= 0.6 is 0 Å². The predicted octanol–water partition coefficient (Wildman–Crippen LogP) is 1.88. The van der Waals surface area contributed by atoms with Crippen LogP contribution in [-0.4, -0.2) is 15.0 Å². The van der Waals surface area contributed by atoms with Crippen LogP contribution in [0.1, 0.15) is 25.3 Å². The van der Waals surface area contributed by atoms with Crippen molar-refractivity contribution in [1.29, 1.82) is 0 Å². The Labute approximate surface area is 102 Å². The van der Waals surface area contributed by atoms with Crippen LogP contribution in [-0.2, 0) is 32.7 Å². The van der Waals surface area contributed by atoms with Crippen LogP contribution in [0.3, 0.4) is 0 Å². The molecular formula is C9H10N3Y-. The fraction of sp³-hybridized carbons (Fsp3) is 0.333. The van der Waals surface area contributed by atoms with Crippen molar-refractivity contribution in [2.24, 2.45) is 0 Å². The van der Waals surface area contributed by atoms with Crippen molar-refractivity contribution in [3.63, 3.8) is 0 Å². The summed E-state index contributed by atoms with van der Waals surface area (Å²) in [4.78, 5) is 11.1. The Morgan fingerprint density at radius 1 is 1.46 bits per heavy atom. The summed E-state index contributed by atoms with van der Waals surface area (Å²) in [6.45, 7) is 4.28. The van der Waals surface area contributed by atoms with Crippen LogP contribution in [0.5, 0.6) is 0 Å². The zero-order valence-electron chi connectivity index (χ0n) is 7.70. The van der Waals surface area contributed by atoms with Crippen molar-refractivity contribution < 1.29 is 32.7 Å². The number of aromatic nitrogens is 3. The van der Waals surface area contributed by atoms with Crippen molar-refractivity contribution in [2.75, 3.05) is 0 Å². The molecule has 2 rings (SSSR count). The quantitative estimate of drug-likeness (QED) is 0.784. The van der Waals surface area contributed by atoms with E-state index in [1.807, 2.05) is 12.3 Å². The maximum atomic E-state index is 4.21. The molecular weight excluding hydrogens is 239 g/mol. The van der Waals surface area contributed by atoms with Gasteiger partial charge in [-0.2, -0.15) is 0 Å². The molecule has 1 radical (unpaired) electrons. The Balaban J connectivity index is 0.000000845. The number of H-pyrrole nitrogens is 1. The monoisotopic (exact) mass is 249 g/mol. The average molecular weight is 249 g/mol. The molecule has 0 unspecified atom stereocenters. The molecule has 0 aromatic carbocycles. The van der Waals surface area contributed by atoms with E-state index >= 15 is 0 Å². The van der Waals surface area contributed by atoms with Gasteiger partial charge in [-0.25, -0.2) is 0 Å². The van der Waals surface area contributed by atoms with Crippen molar-refractivity contribution in [3.05, 3.63) is 24.2 Å². The van der Waals surface area contributed by atoms with E-state index in [1.54, 1.807) is 0 Å². The Bertz CT molecular complexity index is 394. The third-order valence-corrected chi connectivity index (χ3v) is 1.91. The van der Waals surface area contributed by atoms with E-state index in [1.165, 1.54) is 5.56 Å². The molecule has 0 aliphatic rings. The summed E-state index contributed by atoms with van der Waals surface area (Å²) >= 11 is 0. The van der Waals surface area contributed by atoms with Crippen LogP contribution in [0, 0.1) is 6.33 Å². The summed E-state index contributed by atoms with van der Waals surface area (Å²) in [5.41, 5.74) is 2.91. The molecule has 0 fully saturated rings. The van der Waals surface area contributed by atoms with Crippen LogP contribution in [0.15, 0.2) is 12.3 Å². The minimum Gasteiger partial charge on any atom is -0.446 e. The summed E-state index contributed by atoms with van der Waals surface area (Å²) in [5, 5.41) is 0. The number of pyridine rings is 1. The molecule has 0 aliphatic heterocycles. The minimum absolute atomic E-state index is 0. The van der Waals surface area contributed by atoms with Gasteiger partial charge in [-0.05, 0) is 17.8 Å². The second-order valence-corrected chi connectivity index (χ2v) is 3.14. The molecule has 0 saturated heterocycles. The van der Waals surface area contributed by atoms with Gasteiger partial charge in [-0.15, -0.1) is 0 Å². The number of rotatable bonds is 1. The SMILES string of the molecule is CC(C)c1cnc2[nH][c-]nc2c1.[Y]. The van der Waals surface area contributed by atoms with E-state index < -0.39 is 0 Å². The summed E-state index contributed by atoms with van der Waals surface area (Å²) in [6.07, 6.45) is 4.54. The molecule has 65 valence electrons. The number of nitrogens with zero attached hydrogens (tertiary/aromatic N) is 2. The number of hydrogen-bond donors (Lipinski definition) is 1. The topological polar surface area (TPSA) is 41.6 Å². The largest absolute Gasteiger partial charge is 0.446 e. The van der Waals surface area contributed by atoms with Crippen LogP contribution in [0.2, 0.25) is 0 Å². The first-order chi connectivity index (χ1) is 5.77. The maximum absolute atomic E-state index is 4.21. The van der Waals surface area contributed by atoms with Gasteiger partial charge in [0, 0.05) is 44.6 Å². The molecule has 2 aromatic rings. The second kappa shape index (κ2) is 4.29. The van der Waals surface area contributed by atoms with E-state index in [2.05, 4.69) is 35.1 Å². The fourth-order valence-electron chi connectivity index (χ4n) is 1.11.